The number of nitrogens with one attached hydrogen (secondary N) is 1. The highest BCUT2D eigenvalue weighted by Crippen LogP contribution is 2.23. The van der Waals surface area contributed by atoms with Crippen molar-refractivity contribution < 1.29 is 9.59 Å². The normalized spacial score (nSPS) is 18.1. The Hall–Kier alpha value is -1.82. The molecule has 1 fully saturated rings. The third-order valence-corrected chi connectivity index (χ3v) is 4.71. The van der Waals surface area contributed by atoms with Crippen LogP contribution < -0.4 is 5.32 Å². The van der Waals surface area contributed by atoms with E-state index in [1.165, 1.54) is 0 Å². The number of pyridine rings is 1. The number of aromatic nitrogens is 1. The van der Waals surface area contributed by atoms with Crippen LogP contribution in [0.15, 0.2) is 36.0 Å². The molecule has 1 aliphatic rings. The molecule has 23 heavy (non-hydrogen) atoms. The van der Waals surface area contributed by atoms with Gasteiger partial charge in [-0.3, -0.25) is 14.6 Å². The van der Waals surface area contributed by atoms with Gasteiger partial charge in [0, 0.05) is 36.2 Å². The fourth-order valence-electron chi connectivity index (χ4n) is 2.46. The van der Waals surface area contributed by atoms with Crippen molar-refractivity contribution in [2.75, 3.05) is 18.2 Å². The Morgan fingerprint density at radius 3 is 3.00 bits per heavy atom. The van der Waals surface area contributed by atoms with E-state index in [-0.39, 0.29) is 17.9 Å². The van der Waals surface area contributed by atoms with Crippen molar-refractivity contribution in [3.05, 3.63) is 41.7 Å². The van der Waals surface area contributed by atoms with E-state index in [0.717, 1.165) is 12.1 Å². The molecular weight excluding hydrogens is 310 g/mol. The average molecular weight is 333 g/mol. The van der Waals surface area contributed by atoms with Crippen LogP contribution in [0.5, 0.6) is 0 Å². The zero-order valence-corrected chi connectivity index (χ0v) is 14.4. The lowest BCUT2D eigenvalue weighted by molar-refractivity contribution is -0.135. The van der Waals surface area contributed by atoms with Gasteiger partial charge in [0.2, 0.25) is 5.91 Å². The Kier molecular flexibility index (Phi) is 6.65. The molecule has 1 N–H and O–H groups in total. The third-order valence-electron chi connectivity index (χ3n) is 3.70. The molecule has 0 bridgehead atoms. The van der Waals surface area contributed by atoms with Gasteiger partial charge in [-0.15, -0.1) is 11.8 Å². The van der Waals surface area contributed by atoms with E-state index in [1.54, 1.807) is 22.9 Å². The van der Waals surface area contributed by atoms with Crippen LogP contribution in [0.3, 0.4) is 0 Å². The predicted octanol–water partition coefficient (Wildman–Crippen LogP) is 2.00. The number of nitrogens with zero attached hydrogens (tertiary/aromatic N) is 2. The summed E-state index contributed by atoms with van der Waals surface area (Å²) in [6.07, 6.45) is 5.16. The molecule has 0 radical (unpaired) electrons. The molecule has 124 valence electrons. The van der Waals surface area contributed by atoms with Gasteiger partial charge in [0.1, 0.15) is 6.04 Å². The SMILES string of the molecule is CC/C=C(/C)C(=O)N1CSC[C@@H]1C(=O)NCCc1ccccn1. The van der Waals surface area contributed by atoms with Gasteiger partial charge in [-0.05, 0) is 25.5 Å². The summed E-state index contributed by atoms with van der Waals surface area (Å²) in [4.78, 5) is 30.7. The summed E-state index contributed by atoms with van der Waals surface area (Å²) in [5.41, 5.74) is 1.66. The van der Waals surface area contributed by atoms with Gasteiger partial charge >= 0.3 is 0 Å². The molecule has 1 aliphatic heterocycles. The summed E-state index contributed by atoms with van der Waals surface area (Å²) in [6.45, 7) is 4.34. The van der Waals surface area contributed by atoms with Gasteiger partial charge < -0.3 is 10.2 Å². The molecule has 5 nitrogen and oxygen atoms in total. The van der Waals surface area contributed by atoms with E-state index in [1.807, 2.05) is 38.1 Å². The van der Waals surface area contributed by atoms with Crippen LogP contribution in [0.25, 0.3) is 0 Å². The van der Waals surface area contributed by atoms with Crippen LogP contribution in [-0.4, -0.2) is 45.9 Å². The molecule has 2 amide bonds. The number of carbonyl (C=O) groups excluding carboxylic acids is 2. The van der Waals surface area contributed by atoms with Gasteiger partial charge in [-0.1, -0.05) is 19.1 Å². The smallest absolute Gasteiger partial charge is 0.250 e. The Balaban J connectivity index is 1.88. The summed E-state index contributed by atoms with van der Waals surface area (Å²) in [6, 6.07) is 5.36. The fraction of sp³-hybridized carbons (Fsp3) is 0.471. The number of hydrogen-bond donors (Lipinski definition) is 1. The van der Waals surface area contributed by atoms with Crippen molar-refractivity contribution in [1.82, 2.24) is 15.2 Å². The Morgan fingerprint density at radius 1 is 1.48 bits per heavy atom. The topological polar surface area (TPSA) is 62.3 Å². The largest absolute Gasteiger partial charge is 0.354 e. The van der Waals surface area contributed by atoms with Crippen LogP contribution in [-0.2, 0) is 16.0 Å². The monoisotopic (exact) mass is 333 g/mol. The van der Waals surface area contributed by atoms with Crippen molar-refractivity contribution in [2.24, 2.45) is 0 Å². The van der Waals surface area contributed by atoms with Crippen molar-refractivity contribution in [3.63, 3.8) is 0 Å². The molecule has 6 heteroatoms. The van der Waals surface area contributed by atoms with Crippen LogP contribution in [0.2, 0.25) is 0 Å². The van der Waals surface area contributed by atoms with Gasteiger partial charge in [-0.2, -0.15) is 0 Å². The van der Waals surface area contributed by atoms with Gasteiger partial charge in [0.25, 0.3) is 5.91 Å². The Morgan fingerprint density at radius 2 is 2.30 bits per heavy atom. The summed E-state index contributed by atoms with van der Waals surface area (Å²) in [5.74, 6) is 1.11. The first kappa shape index (κ1) is 17.5. The Bertz CT molecular complexity index is 574. The van der Waals surface area contributed by atoms with Crippen LogP contribution in [0.4, 0.5) is 0 Å². The second kappa shape index (κ2) is 8.72. The van der Waals surface area contributed by atoms with Crippen LogP contribution in [0, 0.1) is 0 Å². The summed E-state index contributed by atoms with van der Waals surface area (Å²) in [5, 5.41) is 2.92. The van der Waals surface area contributed by atoms with Crippen molar-refractivity contribution in [3.8, 4) is 0 Å². The zero-order chi connectivity index (χ0) is 16.7. The molecule has 0 aliphatic carbocycles. The number of rotatable bonds is 6. The first-order valence-electron chi connectivity index (χ1n) is 7.86. The van der Waals surface area contributed by atoms with Crippen LogP contribution >= 0.6 is 11.8 Å². The molecule has 1 saturated heterocycles. The third kappa shape index (κ3) is 4.82. The maximum Gasteiger partial charge on any atom is 0.250 e. The standard InChI is InChI=1S/C17H23N3O2S/c1-3-6-13(2)17(22)20-12-23-11-15(20)16(21)19-10-8-14-7-4-5-9-18-14/h4-7,9,15H,3,8,10-12H2,1-2H3,(H,19,21)/b13-6-/t15-/m1/s1. The molecule has 1 aromatic rings. The average Bonchev–Trinajstić information content (AvgIpc) is 3.05. The highest BCUT2D eigenvalue weighted by molar-refractivity contribution is 7.99. The van der Waals surface area contributed by atoms with E-state index in [2.05, 4.69) is 10.3 Å². The number of allylic oxidation sites excluding steroid dienone is 1. The van der Waals surface area contributed by atoms with Gasteiger partial charge in [-0.25, -0.2) is 0 Å². The van der Waals surface area contributed by atoms with Crippen molar-refractivity contribution in [2.45, 2.75) is 32.7 Å². The lowest BCUT2D eigenvalue weighted by atomic mass is 10.2. The molecule has 0 aromatic carbocycles. The minimum absolute atomic E-state index is 0.0401. The maximum absolute atomic E-state index is 12.4. The number of hydrogen-bond acceptors (Lipinski definition) is 4. The highest BCUT2D eigenvalue weighted by Gasteiger charge is 2.34. The molecule has 0 spiro atoms. The number of amides is 2. The minimum Gasteiger partial charge on any atom is -0.354 e. The van der Waals surface area contributed by atoms with E-state index >= 15 is 0 Å². The Labute approximate surface area is 141 Å². The minimum atomic E-state index is -0.378. The fourth-order valence-corrected chi connectivity index (χ4v) is 3.61. The van der Waals surface area contributed by atoms with E-state index < -0.39 is 0 Å². The maximum atomic E-state index is 12.4. The molecule has 2 heterocycles. The lowest BCUT2D eigenvalue weighted by Crippen LogP contribution is -2.47. The molecular formula is C17H23N3O2S. The zero-order valence-electron chi connectivity index (χ0n) is 13.6. The van der Waals surface area contributed by atoms with Gasteiger partial charge in [0.15, 0.2) is 0 Å². The first-order valence-corrected chi connectivity index (χ1v) is 9.02. The highest BCUT2D eigenvalue weighted by atomic mass is 32.2. The van der Waals surface area contributed by atoms with Crippen molar-refractivity contribution in [1.29, 1.82) is 0 Å². The van der Waals surface area contributed by atoms with Crippen LogP contribution in [0.1, 0.15) is 26.0 Å². The molecule has 1 aromatic heterocycles. The molecule has 1 atom stereocenters. The van der Waals surface area contributed by atoms with E-state index in [4.69, 9.17) is 0 Å². The molecule has 0 unspecified atom stereocenters. The van der Waals surface area contributed by atoms with E-state index in [0.29, 0.717) is 30.2 Å². The summed E-state index contributed by atoms with van der Waals surface area (Å²) >= 11 is 1.62. The second-order valence-electron chi connectivity index (χ2n) is 5.45. The van der Waals surface area contributed by atoms with Gasteiger partial charge in [0.05, 0.1) is 5.88 Å². The first-order chi connectivity index (χ1) is 11.1. The second-order valence-corrected chi connectivity index (χ2v) is 6.45. The summed E-state index contributed by atoms with van der Waals surface area (Å²) in [7, 11) is 0. The lowest BCUT2D eigenvalue weighted by Gasteiger charge is -2.23. The number of thioether (sulfide) groups is 1. The molecule has 0 saturated carbocycles. The molecule has 2 rings (SSSR count). The number of carbonyl (C=O) groups is 2. The van der Waals surface area contributed by atoms with E-state index in [9.17, 15) is 9.59 Å². The quantitative estimate of drug-likeness (QED) is 0.809. The van der Waals surface area contributed by atoms with Crippen molar-refractivity contribution >= 4 is 23.6 Å². The predicted molar refractivity (Wildman–Crippen MR) is 93.0 cm³/mol. The summed E-state index contributed by atoms with van der Waals surface area (Å²) < 4.78 is 0.